The average Bonchev–Trinajstić information content (AvgIpc) is 2.80. The predicted molar refractivity (Wildman–Crippen MR) is 141 cm³/mol. The van der Waals surface area contributed by atoms with Crippen LogP contribution in [0.5, 0.6) is 5.75 Å². The summed E-state index contributed by atoms with van der Waals surface area (Å²) >= 11 is 13.9. The van der Waals surface area contributed by atoms with Crippen LogP contribution in [-0.4, -0.2) is 24.2 Å². The van der Waals surface area contributed by atoms with Gasteiger partial charge in [0.2, 0.25) is 0 Å². The van der Waals surface area contributed by atoms with E-state index < -0.39 is 0 Å². The largest absolute Gasteiger partial charge is 0.491 e. The van der Waals surface area contributed by atoms with Crippen LogP contribution in [-0.2, 0) is 0 Å². The fraction of sp³-hybridized carbons (Fsp3) is 0.222. The molecule has 3 aromatic carbocycles. The Hall–Kier alpha value is -2.40. The Balaban J connectivity index is 1.82. The van der Waals surface area contributed by atoms with Crippen LogP contribution in [0, 0.1) is 0 Å². The van der Waals surface area contributed by atoms with Crippen molar-refractivity contribution in [2.45, 2.75) is 31.8 Å². The Kier molecular flexibility index (Phi) is 9.30. The number of Topliss-reactive ketones (excluding diaryl/α,β-unsaturated/α-hetero) is 1. The maximum atomic E-state index is 13.2. The first-order valence-corrected chi connectivity index (χ1v) is 12.5. The molecular formula is C27H27Cl2NO2S. The third kappa shape index (κ3) is 7.29. The third-order valence-electron chi connectivity index (χ3n) is 4.83. The highest BCUT2D eigenvalue weighted by molar-refractivity contribution is 7.99. The van der Waals surface area contributed by atoms with Gasteiger partial charge in [-0.25, -0.2) is 0 Å². The second kappa shape index (κ2) is 12.2. The van der Waals surface area contributed by atoms with Crippen molar-refractivity contribution in [3.63, 3.8) is 0 Å². The summed E-state index contributed by atoms with van der Waals surface area (Å²) in [6.45, 7) is 6.50. The highest BCUT2D eigenvalue weighted by atomic mass is 35.5. The number of hydrogen-bond acceptors (Lipinski definition) is 4. The molecule has 0 unspecified atom stereocenters. The fourth-order valence-corrected chi connectivity index (χ4v) is 4.48. The van der Waals surface area contributed by atoms with Gasteiger partial charge in [-0.15, -0.1) is 11.8 Å². The Bertz CT molecular complexity index is 1110. The Morgan fingerprint density at radius 1 is 0.939 bits per heavy atom. The first-order chi connectivity index (χ1) is 15.8. The van der Waals surface area contributed by atoms with Gasteiger partial charge in [0, 0.05) is 39.0 Å². The lowest BCUT2D eigenvalue weighted by Gasteiger charge is -2.16. The number of ether oxygens (including phenoxy) is 1. The highest BCUT2D eigenvalue weighted by Gasteiger charge is 2.15. The number of rotatable bonds is 10. The van der Waals surface area contributed by atoms with Gasteiger partial charge in [0.15, 0.2) is 5.78 Å². The monoisotopic (exact) mass is 499 g/mol. The molecule has 0 spiro atoms. The van der Waals surface area contributed by atoms with Crippen LogP contribution in [0.25, 0.3) is 5.70 Å². The summed E-state index contributed by atoms with van der Waals surface area (Å²) in [4.78, 5) is 14.2. The molecule has 0 saturated heterocycles. The lowest BCUT2D eigenvalue weighted by atomic mass is 9.99. The standard InChI is InChI=1S/C27H27Cl2NO2S/c1-18(2)32-23-14-10-20(11-15-23)26(19(3)27(31)21-8-12-22(28)13-9-21)30-16-17-33-25-7-5-4-6-24(25)29/h4-15,18,30H,16-17H2,1-3H3/b26-19-. The topological polar surface area (TPSA) is 38.3 Å². The summed E-state index contributed by atoms with van der Waals surface area (Å²) in [5.41, 5.74) is 2.96. The molecule has 0 aromatic heterocycles. The highest BCUT2D eigenvalue weighted by Crippen LogP contribution is 2.27. The number of thioether (sulfide) groups is 1. The number of allylic oxidation sites excluding steroid dienone is 1. The molecule has 33 heavy (non-hydrogen) atoms. The van der Waals surface area contributed by atoms with E-state index in [2.05, 4.69) is 5.32 Å². The minimum absolute atomic E-state index is 0.0459. The normalized spacial score (nSPS) is 11.8. The molecular weight excluding hydrogens is 473 g/mol. The van der Waals surface area contributed by atoms with Crippen LogP contribution < -0.4 is 10.1 Å². The summed E-state index contributed by atoms with van der Waals surface area (Å²) in [7, 11) is 0. The van der Waals surface area contributed by atoms with E-state index in [0.717, 1.165) is 32.7 Å². The summed E-state index contributed by atoms with van der Waals surface area (Å²) in [6.07, 6.45) is 0.0963. The first kappa shape index (κ1) is 25.2. The van der Waals surface area contributed by atoms with Crippen molar-refractivity contribution in [3.05, 3.63) is 99.5 Å². The smallest absolute Gasteiger partial charge is 0.190 e. The molecule has 3 aromatic rings. The molecule has 0 fully saturated rings. The summed E-state index contributed by atoms with van der Waals surface area (Å²) in [5, 5.41) is 4.82. The van der Waals surface area contributed by atoms with Gasteiger partial charge in [-0.1, -0.05) is 35.3 Å². The van der Waals surface area contributed by atoms with Crippen LogP contribution in [0.2, 0.25) is 10.0 Å². The number of carbonyl (C=O) groups excluding carboxylic acids is 1. The molecule has 0 bridgehead atoms. The van der Waals surface area contributed by atoms with Gasteiger partial charge < -0.3 is 10.1 Å². The van der Waals surface area contributed by atoms with Gasteiger partial charge in [0.05, 0.1) is 11.1 Å². The zero-order valence-corrected chi connectivity index (χ0v) is 21.2. The van der Waals surface area contributed by atoms with E-state index in [1.165, 1.54) is 0 Å². The molecule has 0 aliphatic heterocycles. The van der Waals surface area contributed by atoms with Gasteiger partial charge in [-0.2, -0.15) is 0 Å². The van der Waals surface area contributed by atoms with E-state index in [9.17, 15) is 4.79 Å². The third-order valence-corrected chi connectivity index (χ3v) is 6.60. The van der Waals surface area contributed by atoms with E-state index in [-0.39, 0.29) is 11.9 Å². The predicted octanol–water partition coefficient (Wildman–Crippen LogP) is 7.78. The number of benzene rings is 3. The van der Waals surface area contributed by atoms with Crippen molar-refractivity contribution < 1.29 is 9.53 Å². The van der Waals surface area contributed by atoms with E-state index >= 15 is 0 Å². The Morgan fingerprint density at radius 3 is 2.21 bits per heavy atom. The van der Waals surface area contributed by atoms with Crippen LogP contribution in [0.1, 0.15) is 36.7 Å². The van der Waals surface area contributed by atoms with Crippen molar-refractivity contribution in [1.29, 1.82) is 0 Å². The van der Waals surface area contributed by atoms with Gasteiger partial charge in [-0.05, 0) is 87.0 Å². The molecule has 6 heteroatoms. The molecule has 0 heterocycles. The summed E-state index contributed by atoms with van der Waals surface area (Å²) < 4.78 is 5.76. The van der Waals surface area contributed by atoms with Crippen LogP contribution in [0.15, 0.2) is 83.3 Å². The average molecular weight is 500 g/mol. The second-order valence-corrected chi connectivity index (χ2v) is 9.71. The molecule has 1 N–H and O–H groups in total. The number of carbonyl (C=O) groups is 1. The maximum absolute atomic E-state index is 13.2. The van der Waals surface area contributed by atoms with Gasteiger partial charge in [0.25, 0.3) is 0 Å². The van der Waals surface area contributed by atoms with Crippen molar-refractivity contribution in [2.75, 3.05) is 12.3 Å². The molecule has 0 radical (unpaired) electrons. The minimum atomic E-state index is -0.0459. The van der Waals surface area contributed by atoms with Crippen molar-refractivity contribution in [3.8, 4) is 5.75 Å². The van der Waals surface area contributed by atoms with Gasteiger partial charge in [-0.3, -0.25) is 4.79 Å². The number of ketones is 1. The van der Waals surface area contributed by atoms with E-state index in [1.54, 1.807) is 36.0 Å². The molecule has 0 saturated carbocycles. The van der Waals surface area contributed by atoms with E-state index in [4.69, 9.17) is 27.9 Å². The molecule has 0 aliphatic carbocycles. The van der Waals surface area contributed by atoms with Crippen LogP contribution >= 0.6 is 35.0 Å². The lowest BCUT2D eigenvalue weighted by Crippen LogP contribution is -2.19. The van der Waals surface area contributed by atoms with Gasteiger partial charge >= 0.3 is 0 Å². The molecule has 3 rings (SSSR count). The first-order valence-electron chi connectivity index (χ1n) is 10.7. The van der Waals surface area contributed by atoms with Crippen molar-refractivity contribution in [2.24, 2.45) is 0 Å². The molecule has 172 valence electrons. The number of hydrogen-bond donors (Lipinski definition) is 1. The molecule has 0 atom stereocenters. The quantitative estimate of drug-likeness (QED) is 0.134. The second-order valence-electron chi connectivity index (χ2n) is 7.73. The fourth-order valence-electron chi connectivity index (χ4n) is 3.25. The Labute approximate surface area is 210 Å². The lowest BCUT2D eigenvalue weighted by molar-refractivity contribution is 0.103. The summed E-state index contributed by atoms with van der Waals surface area (Å²) in [5.74, 6) is 1.55. The zero-order valence-electron chi connectivity index (χ0n) is 18.9. The minimum Gasteiger partial charge on any atom is -0.491 e. The van der Waals surface area contributed by atoms with Crippen LogP contribution in [0.3, 0.4) is 0 Å². The SMILES string of the molecule is C/C(C(=O)c1ccc(Cl)cc1)=C(/NCCSc1ccccc1Cl)c1ccc(OC(C)C)cc1. The van der Waals surface area contributed by atoms with E-state index in [0.29, 0.717) is 22.7 Å². The summed E-state index contributed by atoms with van der Waals surface area (Å²) in [6, 6.07) is 22.5. The number of nitrogens with one attached hydrogen (secondary N) is 1. The van der Waals surface area contributed by atoms with Crippen molar-refractivity contribution in [1.82, 2.24) is 5.32 Å². The van der Waals surface area contributed by atoms with Crippen molar-refractivity contribution >= 4 is 46.4 Å². The zero-order chi connectivity index (χ0) is 23.8. The Morgan fingerprint density at radius 2 is 1.58 bits per heavy atom. The van der Waals surface area contributed by atoms with Gasteiger partial charge in [0.1, 0.15) is 5.75 Å². The molecule has 0 amide bonds. The molecule has 3 nitrogen and oxygen atoms in total. The number of halogens is 2. The molecule has 0 aliphatic rings. The van der Waals surface area contributed by atoms with Crippen LogP contribution in [0.4, 0.5) is 0 Å². The maximum Gasteiger partial charge on any atom is 0.190 e. The van der Waals surface area contributed by atoms with E-state index in [1.807, 2.05) is 69.3 Å².